The lowest BCUT2D eigenvalue weighted by molar-refractivity contribution is 0.304. The molecule has 29 heavy (non-hydrogen) atoms. The largest absolute Gasteiger partial charge is 0.494 e. The zero-order valence-corrected chi connectivity index (χ0v) is 18.7. The van der Waals surface area contributed by atoms with Crippen molar-refractivity contribution in [2.75, 3.05) is 20.8 Å². The third kappa shape index (κ3) is 8.15. The lowest BCUT2D eigenvalue weighted by Gasteiger charge is -2.12. The van der Waals surface area contributed by atoms with Crippen molar-refractivity contribution in [1.82, 2.24) is 5.32 Å². The van der Waals surface area contributed by atoms with E-state index in [0.717, 1.165) is 30.9 Å². The number of nitrogens with one attached hydrogen (secondary N) is 1. The number of benzene rings is 2. The van der Waals surface area contributed by atoms with Gasteiger partial charge in [0.25, 0.3) is 0 Å². The summed E-state index contributed by atoms with van der Waals surface area (Å²) < 4.78 is 16.5. The predicted octanol–water partition coefficient (Wildman–Crippen LogP) is 6.39. The van der Waals surface area contributed by atoms with Gasteiger partial charge in [-0.2, -0.15) is 0 Å². The number of rotatable bonds is 14. The molecule has 0 heterocycles. The van der Waals surface area contributed by atoms with E-state index in [9.17, 15) is 0 Å². The van der Waals surface area contributed by atoms with Crippen molar-refractivity contribution in [3.63, 3.8) is 0 Å². The molecule has 0 bridgehead atoms. The minimum atomic E-state index is 0.637. The van der Waals surface area contributed by atoms with Gasteiger partial charge in [-0.15, -0.1) is 0 Å². The molecule has 0 saturated heterocycles. The minimum absolute atomic E-state index is 0.637. The zero-order chi connectivity index (χ0) is 20.9. The van der Waals surface area contributed by atoms with Crippen molar-refractivity contribution < 1.29 is 14.2 Å². The smallest absolute Gasteiger partial charge is 0.162 e. The molecule has 0 atom stereocenters. The summed E-state index contributed by atoms with van der Waals surface area (Å²) in [6, 6.07) is 12.0. The summed E-state index contributed by atoms with van der Waals surface area (Å²) in [5, 5.41) is 4.08. The van der Waals surface area contributed by atoms with E-state index in [1.54, 1.807) is 20.3 Å². The van der Waals surface area contributed by atoms with Gasteiger partial charge in [0.05, 0.1) is 20.8 Å². The van der Waals surface area contributed by atoms with Crippen molar-refractivity contribution >= 4 is 11.6 Å². The highest BCUT2D eigenvalue weighted by molar-refractivity contribution is 6.31. The molecule has 2 aromatic rings. The predicted molar refractivity (Wildman–Crippen MR) is 120 cm³/mol. The maximum Gasteiger partial charge on any atom is 0.162 e. The quantitative estimate of drug-likeness (QED) is 0.360. The number of methoxy groups -OCH3 is 2. The van der Waals surface area contributed by atoms with Gasteiger partial charge in [-0.05, 0) is 35.7 Å². The van der Waals surface area contributed by atoms with Gasteiger partial charge in [0.1, 0.15) is 5.75 Å². The Hall–Kier alpha value is -1.91. The number of ether oxygens (including phenoxy) is 3. The summed E-state index contributed by atoms with van der Waals surface area (Å²) in [5.41, 5.74) is 2.18. The number of halogens is 1. The summed E-state index contributed by atoms with van der Waals surface area (Å²) in [4.78, 5) is 0. The van der Waals surface area contributed by atoms with Crippen LogP contribution in [0, 0.1) is 0 Å². The summed E-state index contributed by atoms with van der Waals surface area (Å²) in [7, 11) is 3.23. The van der Waals surface area contributed by atoms with Gasteiger partial charge in [-0.25, -0.2) is 0 Å². The van der Waals surface area contributed by atoms with Gasteiger partial charge < -0.3 is 19.5 Å². The second-order valence-electron chi connectivity index (χ2n) is 7.16. The van der Waals surface area contributed by atoms with Gasteiger partial charge in [0.15, 0.2) is 11.5 Å². The maximum atomic E-state index is 6.34. The van der Waals surface area contributed by atoms with Crippen molar-refractivity contribution in [3.05, 3.63) is 52.5 Å². The molecule has 160 valence electrons. The van der Waals surface area contributed by atoms with E-state index >= 15 is 0 Å². The molecular formula is C24H34ClNO3. The Bertz CT molecular complexity index is 719. The van der Waals surface area contributed by atoms with E-state index in [1.165, 1.54) is 37.7 Å². The Morgan fingerprint density at radius 2 is 1.48 bits per heavy atom. The Labute approximate surface area is 180 Å². The van der Waals surface area contributed by atoms with E-state index in [2.05, 4.69) is 24.4 Å². The van der Waals surface area contributed by atoms with Crippen molar-refractivity contribution in [1.29, 1.82) is 0 Å². The summed E-state index contributed by atoms with van der Waals surface area (Å²) >= 11 is 6.34. The van der Waals surface area contributed by atoms with Gasteiger partial charge in [0, 0.05) is 24.2 Å². The Morgan fingerprint density at radius 1 is 0.828 bits per heavy atom. The minimum Gasteiger partial charge on any atom is -0.494 e. The van der Waals surface area contributed by atoms with Crippen molar-refractivity contribution in [2.45, 2.75) is 58.5 Å². The van der Waals surface area contributed by atoms with Crippen LogP contribution in [0.1, 0.15) is 56.6 Å². The molecule has 1 N–H and O–H groups in total. The first kappa shape index (κ1) is 23.4. The maximum absolute atomic E-state index is 6.34. The fraction of sp³-hybridized carbons (Fsp3) is 0.500. The van der Waals surface area contributed by atoms with Gasteiger partial charge in [-0.3, -0.25) is 0 Å². The highest BCUT2D eigenvalue weighted by Gasteiger charge is 2.09. The monoisotopic (exact) mass is 419 g/mol. The molecule has 0 unspecified atom stereocenters. The first-order valence-corrected chi connectivity index (χ1v) is 10.9. The summed E-state index contributed by atoms with van der Waals surface area (Å²) in [5.74, 6) is 2.25. The van der Waals surface area contributed by atoms with Crippen molar-refractivity contribution in [3.8, 4) is 17.2 Å². The molecule has 0 spiro atoms. The van der Waals surface area contributed by atoms with Crippen LogP contribution < -0.4 is 19.5 Å². The van der Waals surface area contributed by atoms with Crippen LogP contribution in [0.3, 0.4) is 0 Å². The first-order valence-electron chi connectivity index (χ1n) is 10.5. The number of hydrogen-bond acceptors (Lipinski definition) is 4. The molecule has 0 saturated carbocycles. The third-order valence-corrected chi connectivity index (χ3v) is 5.24. The van der Waals surface area contributed by atoms with Crippen LogP contribution in [-0.4, -0.2) is 20.8 Å². The van der Waals surface area contributed by atoms with Crippen molar-refractivity contribution in [2.24, 2.45) is 0 Å². The van der Waals surface area contributed by atoms with Gasteiger partial charge >= 0.3 is 0 Å². The Kier molecular flexibility index (Phi) is 10.7. The van der Waals surface area contributed by atoms with Crippen LogP contribution in [0.5, 0.6) is 17.2 Å². The lowest BCUT2D eigenvalue weighted by atomic mass is 10.1. The van der Waals surface area contributed by atoms with E-state index in [1.807, 2.05) is 18.2 Å². The molecule has 0 amide bonds. The highest BCUT2D eigenvalue weighted by atomic mass is 35.5. The van der Waals surface area contributed by atoms with Crippen LogP contribution in [0.25, 0.3) is 0 Å². The van der Waals surface area contributed by atoms with E-state index in [-0.39, 0.29) is 0 Å². The van der Waals surface area contributed by atoms with E-state index < -0.39 is 0 Å². The standard InChI is InChI=1S/C24H34ClNO3/c1-4-5-6-7-8-9-14-29-21-12-10-19(11-13-21)17-26-18-20-15-23(27-2)24(28-3)16-22(20)25/h10-13,15-16,26H,4-9,14,17-18H2,1-3H3. The van der Waals surface area contributed by atoms with E-state index in [4.69, 9.17) is 25.8 Å². The zero-order valence-electron chi connectivity index (χ0n) is 17.9. The van der Waals surface area contributed by atoms with Gasteiger partial charge in [-0.1, -0.05) is 62.8 Å². The lowest BCUT2D eigenvalue weighted by Crippen LogP contribution is -2.13. The first-order chi connectivity index (χ1) is 14.2. The molecule has 5 heteroatoms. The van der Waals surface area contributed by atoms with Gasteiger partial charge in [0.2, 0.25) is 0 Å². The van der Waals surface area contributed by atoms with E-state index in [0.29, 0.717) is 23.1 Å². The van der Waals surface area contributed by atoms with Crippen LogP contribution in [0.4, 0.5) is 0 Å². The average molecular weight is 420 g/mol. The Balaban J connectivity index is 1.72. The summed E-state index contributed by atoms with van der Waals surface area (Å²) in [6.45, 7) is 4.44. The molecule has 0 fully saturated rings. The average Bonchev–Trinajstić information content (AvgIpc) is 2.75. The molecular weight excluding hydrogens is 386 g/mol. The molecule has 0 aliphatic heterocycles. The second-order valence-corrected chi connectivity index (χ2v) is 7.57. The van der Waals surface area contributed by atoms with Crippen LogP contribution in [-0.2, 0) is 13.1 Å². The highest BCUT2D eigenvalue weighted by Crippen LogP contribution is 2.33. The summed E-state index contributed by atoms with van der Waals surface area (Å²) in [6.07, 6.45) is 7.66. The molecule has 4 nitrogen and oxygen atoms in total. The molecule has 2 rings (SSSR count). The molecule has 2 aromatic carbocycles. The molecule has 0 aliphatic rings. The fourth-order valence-corrected chi connectivity index (χ4v) is 3.37. The van der Waals surface area contributed by atoms with Crippen LogP contribution in [0.15, 0.2) is 36.4 Å². The molecule has 0 aromatic heterocycles. The molecule has 0 radical (unpaired) electrons. The molecule has 0 aliphatic carbocycles. The number of hydrogen-bond donors (Lipinski definition) is 1. The number of unbranched alkanes of at least 4 members (excludes halogenated alkanes) is 5. The third-order valence-electron chi connectivity index (χ3n) is 4.89. The van der Waals surface area contributed by atoms with Crippen LogP contribution in [0.2, 0.25) is 5.02 Å². The normalized spacial score (nSPS) is 10.8. The fourth-order valence-electron chi connectivity index (χ4n) is 3.15. The van der Waals surface area contributed by atoms with Crippen LogP contribution >= 0.6 is 11.6 Å². The second kappa shape index (κ2) is 13.3. The SMILES string of the molecule is CCCCCCCCOc1ccc(CNCc2cc(OC)c(OC)cc2Cl)cc1. The topological polar surface area (TPSA) is 39.7 Å². The Morgan fingerprint density at radius 3 is 2.17 bits per heavy atom.